The van der Waals surface area contributed by atoms with Crippen LogP contribution in [0.3, 0.4) is 0 Å². The molecule has 0 atom stereocenters. The van der Waals surface area contributed by atoms with Crippen LogP contribution in [0.15, 0.2) is 55.4 Å². The van der Waals surface area contributed by atoms with E-state index in [9.17, 15) is 9.59 Å². The number of amides is 2. The van der Waals surface area contributed by atoms with Crippen LogP contribution in [0.5, 0.6) is 0 Å². The standard InChI is InChI=1S/C21H22N6O2/c1-2-18(28)27-10-8-26(9-11-27)17-14-23-20-19(25-17)16(13-22-20)21(29)24-12-15-6-4-3-5-7-15/h2-7,13-14H,1,8-12H2,(H,22,23)(H,24,29). The number of hydrogen-bond acceptors (Lipinski definition) is 5. The van der Waals surface area contributed by atoms with Crippen LogP contribution in [0.1, 0.15) is 15.9 Å². The molecule has 0 unspecified atom stereocenters. The molecule has 1 aliphatic heterocycles. The first-order valence-corrected chi connectivity index (χ1v) is 9.48. The molecule has 2 N–H and O–H groups in total. The van der Waals surface area contributed by atoms with Crippen molar-refractivity contribution in [3.63, 3.8) is 0 Å². The number of nitrogens with zero attached hydrogens (tertiary/aromatic N) is 4. The number of carbonyl (C=O) groups excluding carboxylic acids is 2. The van der Waals surface area contributed by atoms with Crippen LogP contribution < -0.4 is 10.2 Å². The average Bonchev–Trinajstić information content (AvgIpc) is 3.21. The first-order valence-electron chi connectivity index (χ1n) is 9.48. The van der Waals surface area contributed by atoms with Gasteiger partial charge in [0.1, 0.15) is 11.3 Å². The summed E-state index contributed by atoms with van der Waals surface area (Å²) in [6.45, 7) is 6.48. The van der Waals surface area contributed by atoms with Crippen molar-refractivity contribution in [1.29, 1.82) is 0 Å². The predicted molar refractivity (Wildman–Crippen MR) is 110 cm³/mol. The molecule has 1 saturated heterocycles. The van der Waals surface area contributed by atoms with E-state index in [0.29, 0.717) is 55.3 Å². The second kappa shape index (κ2) is 8.14. The minimum Gasteiger partial charge on any atom is -0.352 e. The van der Waals surface area contributed by atoms with Gasteiger partial charge in [-0.15, -0.1) is 0 Å². The van der Waals surface area contributed by atoms with Crippen LogP contribution in [0.25, 0.3) is 11.2 Å². The number of rotatable bonds is 5. The molecule has 0 saturated carbocycles. The number of anilines is 1. The second-order valence-electron chi connectivity index (χ2n) is 6.81. The van der Waals surface area contributed by atoms with Crippen LogP contribution in [0.4, 0.5) is 5.82 Å². The lowest BCUT2D eigenvalue weighted by atomic mass is 10.2. The van der Waals surface area contributed by atoms with Gasteiger partial charge in [-0.25, -0.2) is 9.97 Å². The molecule has 1 fully saturated rings. The third-order valence-electron chi connectivity index (χ3n) is 5.00. The van der Waals surface area contributed by atoms with Crippen LogP contribution in [0, 0.1) is 0 Å². The highest BCUT2D eigenvalue weighted by Crippen LogP contribution is 2.20. The number of hydrogen-bond donors (Lipinski definition) is 2. The summed E-state index contributed by atoms with van der Waals surface area (Å²) in [5.41, 5.74) is 2.60. The third-order valence-corrected chi connectivity index (χ3v) is 5.00. The van der Waals surface area contributed by atoms with Crippen LogP contribution in [0.2, 0.25) is 0 Å². The molecule has 8 heteroatoms. The lowest BCUT2D eigenvalue weighted by Gasteiger charge is -2.34. The molecule has 0 bridgehead atoms. The smallest absolute Gasteiger partial charge is 0.255 e. The molecule has 3 aromatic rings. The molecule has 8 nitrogen and oxygen atoms in total. The largest absolute Gasteiger partial charge is 0.352 e. The normalized spacial score (nSPS) is 14.1. The molecule has 0 radical (unpaired) electrons. The predicted octanol–water partition coefficient (Wildman–Crippen LogP) is 1.72. The van der Waals surface area contributed by atoms with Crippen LogP contribution in [-0.4, -0.2) is 57.8 Å². The number of aromatic amines is 1. The van der Waals surface area contributed by atoms with E-state index < -0.39 is 0 Å². The van der Waals surface area contributed by atoms with Crippen molar-refractivity contribution >= 4 is 28.8 Å². The summed E-state index contributed by atoms with van der Waals surface area (Å²) in [5, 5.41) is 2.92. The van der Waals surface area contributed by atoms with Gasteiger partial charge in [0.15, 0.2) is 5.65 Å². The number of carbonyl (C=O) groups is 2. The monoisotopic (exact) mass is 390 g/mol. The molecule has 1 aliphatic rings. The number of piperazine rings is 1. The van der Waals surface area contributed by atoms with Gasteiger partial charge in [-0.05, 0) is 11.6 Å². The number of nitrogens with one attached hydrogen (secondary N) is 2. The maximum Gasteiger partial charge on any atom is 0.255 e. The number of H-pyrrole nitrogens is 1. The van der Waals surface area contributed by atoms with Gasteiger partial charge in [-0.3, -0.25) is 9.59 Å². The Morgan fingerprint density at radius 3 is 2.66 bits per heavy atom. The van der Waals surface area contributed by atoms with Gasteiger partial charge in [-0.2, -0.15) is 0 Å². The summed E-state index contributed by atoms with van der Waals surface area (Å²) in [7, 11) is 0. The summed E-state index contributed by atoms with van der Waals surface area (Å²) in [6, 6.07) is 9.74. The molecule has 1 aromatic carbocycles. The molecule has 29 heavy (non-hydrogen) atoms. The Labute approximate surface area is 168 Å². The minimum absolute atomic E-state index is 0.0609. The van der Waals surface area contributed by atoms with Gasteiger partial charge in [0.25, 0.3) is 5.91 Å². The fourth-order valence-corrected chi connectivity index (χ4v) is 3.37. The summed E-state index contributed by atoms with van der Waals surface area (Å²) in [5.74, 6) is 0.432. The zero-order valence-electron chi connectivity index (χ0n) is 16.0. The molecule has 4 rings (SSSR count). The summed E-state index contributed by atoms with van der Waals surface area (Å²) in [6.07, 6.45) is 4.66. The molecule has 0 spiro atoms. The van der Waals surface area contributed by atoms with Gasteiger partial charge in [0.2, 0.25) is 5.91 Å². The zero-order chi connectivity index (χ0) is 20.2. The van der Waals surface area contributed by atoms with Gasteiger partial charge >= 0.3 is 0 Å². The zero-order valence-corrected chi connectivity index (χ0v) is 16.0. The molecule has 148 valence electrons. The maximum atomic E-state index is 12.7. The van der Waals surface area contributed by atoms with Gasteiger partial charge in [0.05, 0.1) is 11.8 Å². The van der Waals surface area contributed by atoms with E-state index in [1.54, 1.807) is 17.3 Å². The Morgan fingerprint density at radius 2 is 1.93 bits per heavy atom. The third kappa shape index (κ3) is 3.96. The number of fused-ring (bicyclic) bond motifs is 1. The topological polar surface area (TPSA) is 94.2 Å². The van der Waals surface area contributed by atoms with Crippen molar-refractivity contribution in [2.75, 3.05) is 31.1 Å². The lowest BCUT2D eigenvalue weighted by molar-refractivity contribution is -0.126. The Kier molecular flexibility index (Phi) is 5.24. The Balaban J connectivity index is 1.48. The number of benzene rings is 1. The molecule has 3 heterocycles. The fourth-order valence-electron chi connectivity index (χ4n) is 3.37. The van der Waals surface area contributed by atoms with Gasteiger partial charge in [-0.1, -0.05) is 36.9 Å². The quantitative estimate of drug-likeness (QED) is 0.647. The van der Waals surface area contributed by atoms with Crippen molar-refractivity contribution in [3.05, 3.63) is 66.5 Å². The molecule has 0 aliphatic carbocycles. The highest BCUT2D eigenvalue weighted by molar-refractivity contribution is 6.04. The number of aromatic nitrogens is 3. The Bertz CT molecular complexity index is 1040. The highest BCUT2D eigenvalue weighted by atomic mass is 16.2. The minimum atomic E-state index is -0.201. The molecular formula is C21H22N6O2. The Morgan fingerprint density at radius 1 is 1.17 bits per heavy atom. The van der Waals surface area contributed by atoms with E-state index in [1.165, 1.54) is 6.08 Å². The fraction of sp³-hybridized carbons (Fsp3) is 0.238. The van der Waals surface area contributed by atoms with Crippen molar-refractivity contribution in [2.24, 2.45) is 0 Å². The van der Waals surface area contributed by atoms with E-state index in [0.717, 1.165) is 5.56 Å². The first kappa shape index (κ1) is 18.7. The SMILES string of the molecule is C=CC(=O)N1CCN(c2cnc3[nH]cc(C(=O)NCc4ccccc4)c3n2)CC1. The van der Waals surface area contributed by atoms with E-state index in [-0.39, 0.29) is 11.8 Å². The van der Waals surface area contributed by atoms with E-state index >= 15 is 0 Å². The van der Waals surface area contributed by atoms with Crippen molar-refractivity contribution in [2.45, 2.75) is 6.54 Å². The average molecular weight is 390 g/mol. The first-order chi connectivity index (χ1) is 14.2. The Hall–Kier alpha value is -3.68. The van der Waals surface area contributed by atoms with Crippen LogP contribution in [-0.2, 0) is 11.3 Å². The van der Waals surface area contributed by atoms with Crippen molar-refractivity contribution < 1.29 is 9.59 Å². The van der Waals surface area contributed by atoms with Gasteiger partial charge in [0, 0.05) is 38.9 Å². The second-order valence-corrected chi connectivity index (χ2v) is 6.81. The molecule has 2 amide bonds. The van der Waals surface area contributed by atoms with Gasteiger partial charge < -0.3 is 20.1 Å². The molecule has 2 aromatic heterocycles. The van der Waals surface area contributed by atoms with E-state index in [2.05, 4.69) is 31.7 Å². The molecular weight excluding hydrogens is 368 g/mol. The van der Waals surface area contributed by atoms with Crippen molar-refractivity contribution in [3.8, 4) is 0 Å². The highest BCUT2D eigenvalue weighted by Gasteiger charge is 2.22. The van der Waals surface area contributed by atoms with Crippen LogP contribution >= 0.6 is 0 Å². The lowest BCUT2D eigenvalue weighted by Crippen LogP contribution is -2.48. The van der Waals surface area contributed by atoms with E-state index in [4.69, 9.17) is 0 Å². The van der Waals surface area contributed by atoms with Crippen molar-refractivity contribution in [1.82, 2.24) is 25.2 Å². The van der Waals surface area contributed by atoms with E-state index in [1.807, 2.05) is 30.3 Å². The summed E-state index contributed by atoms with van der Waals surface area (Å²) < 4.78 is 0. The maximum absolute atomic E-state index is 12.7. The summed E-state index contributed by atoms with van der Waals surface area (Å²) in [4.78, 5) is 40.3. The summed E-state index contributed by atoms with van der Waals surface area (Å²) >= 11 is 0.